The molecule has 1 aromatic rings. The molecular formula is C20H31ClN4O4. The molecule has 1 fully saturated rings. The Morgan fingerprint density at radius 1 is 1.34 bits per heavy atom. The highest BCUT2D eigenvalue weighted by atomic mass is 35.5. The van der Waals surface area contributed by atoms with Crippen molar-refractivity contribution in [1.29, 1.82) is 0 Å². The molecule has 2 aliphatic rings. The molecule has 2 heterocycles. The van der Waals surface area contributed by atoms with Crippen molar-refractivity contribution in [2.45, 2.75) is 25.4 Å². The lowest BCUT2D eigenvalue weighted by molar-refractivity contribution is 0.0216. The van der Waals surface area contributed by atoms with Crippen molar-refractivity contribution >= 4 is 23.2 Å². The van der Waals surface area contributed by atoms with Crippen LogP contribution in [0.5, 0.6) is 11.5 Å². The standard InChI is InChI=1S/C20H31ClN4O4/c1-23-5-2-3-6-25-7-4-13(16(26)12-25)11-24-20(27)14-10-15(22)17(21)19-18(14)28-8-9-29-19/h10,13,16,23,26H,2-9,11-12,22H2,1H3,(H,24,27)/t13-,16?/m0/s1. The average molecular weight is 427 g/mol. The van der Waals surface area contributed by atoms with Gasteiger partial charge in [0.15, 0.2) is 11.5 Å². The van der Waals surface area contributed by atoms with E-state index in [2.05, 4.69) is 15.5 Å². The SMILES string of the molecule is CNCCCCN1CC[C@@H](CNC(=O)c2cc(N)c(Cl)c3c2OCCO3)C(O)C1. The molecular weight excluding hydrogens is 396 g/mol. The number of nitrogen functional groups attached to an aromatic ring is 1. The minimum Gasteiger partial charge on any atom is -0.485 e. The van der Waals surface area contributed by atoms with Crippen LogP contribution < -0.4 is 25.8 Å². The zero-order valence-corrected chi connectivity index (χ0v) is 17.6. The van der Waals surface area contributed by atoms with Gasteiger partial charge < -0.3 is 35.8 Å². The first-order valence-corrected chi connectivity index (χ1v) is 10.6. The van der Waals surface area contributed by atoms with Crippen molar-refractivity contribution in [2.75, 3.05) is 58.7 Å². The van der Waals surface area contributed by atoms with E-state index < -0.39 is 6.10 Å². The van der Waals surface area contributed by atoms with Gasteiger partial charge in [0.2, 0.25) is 0 Å². The van der Waals surface area contributed by atoms with E-state index in [9.17, 15) is 9.90 Å². The van der Waals surface area contributed by atoms with Gasteiger partial charge >= 0.3 is 0 Å². The number of nitrogens with zero attached hydrogens (tertiary/aromatic N) is 1. The number of halogens is 1. The zero-order chi connectivity index (χ0) is 20.8. The summed E-state index contributed by atoms with van der Waals surface area (Å²) in [5.74, 6) is 0.349. The third-order valence-electron chi connectivity index (χ3n) is 5.51. The molecule has 2 aliphatic heterocycles. The monoisotopic (exact) mass is 426 g/mol. The highest BCUT2D eigenvalue weighted by molar-refractivity contribution is 6.35. The molecule has 0 bridgehead atoms. The Morgan fingerprint density at radius 2 is 2.10 bits per heavy atom. The average Bonchev–Trinajstić information content (AvgIpc) is 2.73. The molecule has 0 saturated carbocycles. The fraction of sp³-hybridized carbons (Fsp3) is 0.650. The highest BCUT2D eigenvalue weighted by Crippen LogP contribution is 2.43. The van der Waals surface area contributed by atoms with Crippen LogP contribution in [0.15, 0.2) is 6.07 Å². The fourth-order valence-corrected chi connectivity index (χ4v) is 4.00. The lowest BCUT2D eigenvalue weighted by Gasteiger charge is -2.36. The number of unbranched alkanes of at least 4 members (excludes halogenated alkanes) is 1. The second-order valence-corrected chi connectivity index (χ2v) is 8.00. The van der Waals surface area contributed by atoms with Crippen LogP contribution in [0.3, 0.4) is 0 Å². The number of β-amino-alcohol motifs (C(OH)–C–C–N with tert-alkyl or cyclic N) is 1. The van der Waals surface area contributed by atoms with Gasteiger partial charge in [-0.05, 0) is 52.0 Å². The van der Waals surface area contributed by atoms with Gasteiger partial charge in [0, 0.05) is 19.0 Å². The molecule has 0 aromatic heterocycles. The maximum atomic E-state index is 12.8. The quantitative estimate of drug-likeness (QED) is 0.364. The Kier molecular flexibility index (Phi) is 7.83. The molecule has 0 aliphatic carbocycles. The van der Waals surface area contributed by atoms with Gasteiger partial charge in [0.25, 0.3) is 5.91 Å². The summed E-state index contributed by atoms with van der Waals surface area (Å²) in [7, 11) is 1.96. The number of carbonyl (C=O) groups is 1. The van der Waals surface area contributed by atoms with Crippen molar-refractivity contribution in [3.63, 3.8) is 0 Å². The van der Waals surface area contributed by atoms with E-state index >= 15 is 0 Å². The minimum absolute atomic E-state index is 0.0187. The van der Waals surface area contributed by atoms with E-state index in [1.54, 1.807) is 0 Å². The van der Waals surface area contributed by atoms with Gasteiger partial charge in [-0.2, -0.15) is 0 Å². The summed E-state index contributed by atoms with van der Waals surface area (Å²) < 4.78 is 11.1. The number of nitrogens with one attached hydrogen (secondary N) is 2. The Hall–Kier alpha value is -1.74. The van der Waals surface area contributed by atoms with Crippen molar-refractivity contribution in [3.05, 3.63) is 16.7 Å². The molecule has 162 valence electrons. The number of likely N-dealkylation sites (tertiary alicyclic amines) is 1. The van der Waals surface area contributed by atoms with Crippen LogP contribution in [0, 0.1) is 5.92 Å². The number of piperidine rings is 1. The Balaban J connectivity index is 1.53. The summed E-state index contributed by atoms with van der Waals surface area (Å²) >= 11 is 6.17. The number of rotatable bonds is 8. The van der Waals surface area contributed by atoms with Crippen LogP contribution in [-0.4, -0.2) is 75.0 Å². The summed E-state index contributed by atoms with van der Waals surface area (Å²) in [6.45, 7) is 4.67. The smallest absolute Gasteiger partial charge is 0.255 e. The largest absolute Gasteiger partial charge is 0.485 e. The van der Waals surface area contributed by atoms with Crippen LogP contribution in [0.4, 0.5) is 5.69 Å². The van der Waals surface area contributed by atoms with Crippen LogP contribution in [0.2, 0.25) is 5.02 Å². The van der Waals surface area contributed by atoms with Gasteiger partial charge in [-0.15, -0.1) is 0 Å². The van der Waals surface area contributed by atoms with E-state index in [4.69, 9.17) is 26.8 Å². The van der Waals surface area contributed by atoms with Gasteiger partial charge in [0.1, 0.15) is 18.2 Å². The van der Waals surface area contributed by atoms with Crippen LogP contribution in [0.1, 0.15) is 29.6 Å². The van der Waals surface area contributed by atoms with Crippen molar-refractivity contribution in [1.82, 2.24) is 15.5 Å². The maximum Gasteiger partial charge on any atom is 0.255 e. The van der Waals surface area contributed by atoms with E-state index in [-0.39, 0.29) is 22.5 Å². The Bertz CT molecular complexity index is 718. The van der Waals surface area contributed by atoms with Crippen molar-refractivity contribution < 1.29 is 19.4 Å². The molecule has 8 nitrogen and oxygen atoms in total. The Labute approximate surface area is 176 Å². The van der Waals surface area contributed by atoms with Gasteiger partial charge in [-0.3, -0.25) is 4.79 Å². The zero-order valence-electron chi connectivity index (χ0n) is 16.9. The third kappa shape index (κ3) is 5.45. The predicted molar refractivity (Wildman–Crippen MR) is 113 cm³/mol. The van der Waals surface area contributed by atoms with Gasteiger partial charge in [0.05, 0.1) is 17.4 Å². The molecule has 1 amide bonds. The van der Waals surface area contributed by atoms with Crippen LogP contribution >= 0.6 is 11.6 Å². The normalized spacial score (nSPS) is 21.8. The summed E-state index contributed by atoms with van der Waals surface area (Å²) in [4.78, 5) is 15.0. The Morgan fingerprint density at radius 3 is 2.83 bits per heavy atom. The molecule has 2 atom stereocenters. The molecule has 3 rings (SSSR count). The van der Waals surface area contributed by atoms with Gasteiger partial charge in [-0.1, -0.05) is 11.6 Å². The number of benzene rings is 1. The third-order valence-corrected chi connectivity index (χ3v) is 5.90. The number of hydrogen-bond donors (Lipinski definition) is 4. The molecule has 9 heteroatoms. The number of carbonyl (C=O) groups excluding carboxylic acids is 1. The lowest BCUT2D eigenvalue weighted by atomic mass is 9.93. The topological polar surface area (TPSA) is 109 Å². The number of nitrogens with two attached hydrogens (primary N) is 1. The van der Waals surface area contributed by atoms with Crippen LogP contribution in [0.25, 0.3) is 0 Å². The minimum atomic E-state index is -0.461. The number of fused-ring (bicyclic) bond motifs is 1. The first-order chi connectivity index (χ1) is 14.0. The molecule has 1 aromatic carbocycles. The highest BCUT2D eigenvalue weighted by Gasteiger charge is 2.29. The molecule has 0 radical (unpaired) electrons. The van der Waals surface area contributed by atoms with E-state index in [1.807, 2.05) is 7.05 Å². The molecule has 29 heavy (non-hydrogen) atoms. The number of hydrogen-bond acceptors (Lipinski definition) is 7. The molecule has 1 saturated heterocycles. The molecule has 0 spiro atoms. The van der Waals surface area contributed by atoms with Crippen molar-refractivity contribution in [2.24, 2.45) is 5.92 Å². The number of aliphatic hydroxyl groups excluding tert-OH is 1. The first-order valence-electron chi connectivity index (χ1n) is 10.2. The second-order valence-electron chi connectivity index (χ2n) is 7.62. The predicted octanol–water partition coefficient (Wildman–Crippen LogP) is 1.11. The molecule has 1 unspecified atom stereocenters. The van der Waals surface area contributed by atoms with E-state index in [0.29, 0.717) is 43.4 Å². The van der Waals surface area contributed by atoms with Gasteiger partial charge in [-0.25, -0.2) is 0 Å². The maximum absolute atomic E-state index is 12.8. The number of ether oxygens (including phenoxy) is 2. The van der Waals surface area contributed by atoms with Crippen molar-refractivity contribution in [3.8, 4) is 11.5 Å². The summed E-state index contributed by atoms with van der Waals surface area (Å²) in [5.41, 5.74) is 6.50. The van der Waals surface area contributed by atoms with E-state index in [1.165, 1.54) is 6.07 Å². The lowest BCUT2D eigenvalue weighted by Crippen LogP contribution is -2.47. The summed E-state index contributed by atoms with van der Waals surface area (Å²) in [5, 5.41) is 16.8. The van der Waals surface area contributed by atoms with E-state index in [0.717, 1.165) is 38.9 Å². The van der Waals surface area contributed by atoms with Crippen LogP contribution in [-0.2, 0) is 0 Å². The number of anilines is 1. The summed E-state index contributed by atoms with van der Waals surface area (Å²) in [6, 6.07) is 1.51. The summed E-state index contributed by atoms with van der Waals surface area (Å²) in [6.07, 6.45) is 2.62. The number of amides is 1. The number of aliphatic hydroxyl groups is 1. The fourth-order valence-electron chi connectivity index (χ4n) is 3.81. The molecule has 5 N–H and O–H groups in total. The second kappa shape index (κ2) is 10.3. The first kappa shape index (κ1) is 22.0.